The van der Waals surface area contributed by atoms with Gasteiger partial charge in [-0.05, 0) is 55.9 Å². The van der Waals surface area contributed by atoms with E-state index in [2.05, 4.69) is 0 Å². The van der Waals surface area contributed by atoms with Gasteiger partial charge in [-0.15, -0.1) is 0 Å². The van der Waals surface area contributed by atoms with Gasteiger partial charge < -0.3 is 34.6 Å². The van der Waals surface area contributed by atoms with Gasteiger partial charge in [-0.2, -0.15) is 0 Å². The number of aliphatic hydroxyl groups excluding tert-OH is 1. The second-order valence-corrected chi connectivity index (χ2v) is 13.2. The van der Waals surface area contributed by atoms with Crippen molar-refractivity contribution in [3.8, 4) is 0 Å². The van der Waals surface area contributed by atoms with E-state index in [4.69, 9.17) is 14.2 Å². The van der Waals surface area contributed by atoms with Crippen LogP contribution in [0.1, 0.15) is 60.7 Å². The number of benzene rings is 2. The molecule has 11 heteroatoms. The molecule has 0 amide bonds. The van der Waals surface area contributed by atoms with Gasteiger partial charge in [0.1, 0.15) is 17.1 Å². The van der Waals surface area contributed by atoms with E-state index in [-0.39, 0.29) is 36.0 Å². The number of carboxylic acid groups (broad SMARTS) is 1. The van der Waals surface area contributed by atoms with Gasteiger partial charge in [-0.25, -0.2) is 14.4 Å². The standard InChI is InChI=1S/C34H36O11/c1-18-21-16-24(36)45-33(21,41)17-22-25(18)26(43-28(37)19-10-6-4-7-11-19)27(44-29(38)20-12-8-5-9-13-20)34(42)31(22,2)15-14-23(35)32(34,3)30(39)40/h4-13,16,18,22-23,25-27,35,41-42H,14-15,17H2,1-3H3,(H,39,40)/t18-,22-,23-,25-,26+,27+,31-,32+,33-,34+/m1/s1. The van der Waals surface area contributed by atoms with Gasteiger partial charge in [0.2, 0.25) is 5.79 Å². The summed E-state index contributed by atoms with van der Waals surface area (Å²) in [6.07, 6.45) is -3.89. The van der Waals surface area contributed by atoms with Crippen LogP contribution in [0.2, 0.25) is 0 Å². The average molecular weight is 621 g/mol. The quantitative estimate of drug-likeness (QED) is 0.286. The molecule has 1 aliphatic heterocycles. The first kappa shape index (κ1) is 30.9. The summed E-state index contributed by atoms with van der Waals surface area (Å²) in [7, 11) is 0. The van der Waals surface area contributed by atoms with E-state index in [1.54, 1.807) is 50.2 Å². The third-order valence-electron chi connectivity index (χ3n) is 11.1. The smallest absolute Gasteiger partial charge is 0.338 e. The van der Waals surface area contributed by atoms with E-state index >= 15 is 0 Å². The van der Waals surface area contributed by atoms with Crippen molar-refractivity contribution in [1.82, 2.24) is 0 Å². The Kier molecular flexibility index (Phi) is 7.22. The normalized spacial score (nSPS) is 40.1. The molecule has 1 heterocycles. The molecule has 6 rings (SSSR count). The SMILES string of the molecule is C[C@@H]1C2=CC(=O)O[C@]2(O)C[C@@H]2[C@@H]1[C@H](OC(=O)c1ccccc1)[C@H](OC(=O)c1ccccc1)[C@]1(O)[C@]2(C)CC[C@@H](O)[C@@]1(C)C(=O)O. The Balaban J connectivity index is 1.59. The highest BCUT2D eigenvalue weighted by atomic mass is 16.7. The molecule has 0 saturated heterocycles. The molecule has 2 aromatic carbocycles. The maximum Gasteiger partial charge on any atom is 0.338 e. The van der Waals surface area contributed by atoms with Crippen LogP contribution in [-0.2, 0) is 23.8 Å². The van der Waals surface area contributed by atoms with Crippen LogP contribution in [0.4, 0.5) is 0 Å². The highest BCUT2D eigenvalue weighted by molar-refractivity contribution is 5.91. The number of aliphatic carboxylic acids is 1. The van der Waals surface area contributed by atoms with Crippen LogP contribution in [0.15, 0.2) is 72.3 Å². The molecule has 11 nitrogen and oxygen atoms in total. The van der Waals surface area contributed by atoms with E-state index in [0.717, 1.165) is 0 Å². The Morgan fingerprint density at radius 3 is 2.02 bits per heavy atom. The van der Waals surface area contributed by atoms with Gasteiger partial charge >= 0.3 is 23.9 Å². The van der Waals surface area contributed by atoms with Crippen molar-refractivity contribution < 1.29 is 53.8 Å². The van der Waals surface area contributed by atoms with Crippen LogP contribution in [0.25, 0.3) is 0 Å². The number of carbonyl (C=O) groups excluding carboxylic acids is 3. The number of hydrogen-bond donors (Lipinski definition) is 4. The van der Waals surface area contributed by atoms with E-state index in [0.29, 0.717) is 0 Å². The van der Waals surface area contributed by atoms with Crippen LogP contribution in [0, 0.1) is 28.6 Å². The van der Waals surface area contributed by atoms with E-state index < -0.39 is 82.2 Å². The number of rotatable bonds is 5. The van der Waals surface area contributed by atoms with Gasteiger partial charge in [0.25, 0.3) is 0 Å². The summed E-state index contributed by atoms with van der Waals surface area (Å²) in [5.41, 5.74) is -5.85. The number of hydrogen-bond acceptors (Lipinski definition) is 10. The van der Waals surface area contributed by atoms with Crippen molar-refractivity contribution in [3.63, 3.8) is 0 Å². The van der Waals surface area contributed by atoms with Crippen LogP contribution < -0.4 is 0 Å². The maximum atomic E-state index is 13.7. The lowest BCUT2D eigenvalue weighted by Gasteiger charge is -2.69. The minimum Gasteiger partial charge on any atom is -0.481 e. The molecule has 3 fully saturated rings. The Morgan fingerprint density at radius 1 is 0.911 bits per heavy atom. The zero-order chi connectivity index (χ0) is 32.5. The first-order valence-electron chi connectivity index (χ1n) is 15.0. The van der Waals surface area contributed by atoms with Crippen molar-refractivity contribution in [2.75, 3.05) is 0 Å². The molecule has 238 valence electrons. The van der Waals surface area contributed by atoms with Crippen LogP contribution in [-0.4, -0.2) is 74.0 Å². The summed E-state index contributed by atoms with van der Waals surface area (Å²) in [4.78, 5) is 53.0. The number of fused-ring (bicyclic) bond motifs is 4. The van der Waals surface area contributed by atoms with Gasteiger partial charge in [0.15, 0.2) is 6.10 Å². The Labute approximate surface area is 259 Å². The van der Waals surface area contributed by atoms with Crippen LogP contribution >= 0.6 is 0 Å². The van der Waals surface area contributed by atoms with Crippen molar-refractivity contribution in [2.45, 2.75) is 69.7 Å². The second-order valence-electron chi connectivity index (χ2n) is 13.2. The highest BCUT2D eigenvalue weighted by Gasteiger charge is 2.80. The molecule has 3 aliphatic carbocycles. The zero-order valence-corrected chi connectivity index (χ0v) is 25.1. The summed E-state index contributed by atoms with van der Waals surface area (Å²) in [6.45, 7) is 4.55. The number of esters is 3. The monoisotopic (exact) mass is 620 g/mol. The summed E-state index contributed by atoms with van der Waals surface area (Å²) in [5.74, 6) is -8.41. The molecule has 3 saturated carbocycles. The summed E-state index contributed by atoms with van der Waals surface area (Å²) in [5, 5.41) is 46.7. The molecule has 10 atom stereocenters. The largest absolute Gasteiger partial charge is 0.481 e. The minimum absolute atomic E-state index is 0.0338. The van der Waals surface area contributed by atoms with Gasteiger partial charge in [0, 0.05) is 29.4 Å². The Hall–Kier alpha value is -4.06. The average Bonchev–Trinajstić information content (AvgIpc) is 3.34. The topological polar surface area (TPSA) is 177 Å². The van der Waals surface area contributed by atoms with Crippen molar-refractivity contribution >= 4 is 23.9 Å². The summed E-state index contributed by atoms with van der Waals surface area (Å²) in [6, 6.07) is 15.9. The van der Waals surface area contributed by atoms with Crippen molar-refractivity contribution in [2.24, 2.45) is 28.6 Å². The molecule has 4 aliphatic rings. The van der Waals surface area contributed by atoms with Gasteiger partial charge in [-0.1, -0.05) is 50.2 Å². The molecular formula is C34H36O11. The fourth-order valence-electron chi connectivity index (χ4n) is 8.71. The molecule has 0 aromatic heterocycles. The third kappa shape index (κ3) is 4.28. The lowest BCUT2D eigenvalue weighted by Crippen LogP contribution is -2.82. The summed E-state index contributed by atoms with van der Waals surface area (Å²) < 4.78 is 17.6. The molecule has 4 N–H and O–H groups in total. The van der Waals surface area contributed by atoms with Crippen LogP contribution in [0.3, 0.4) is 0 Å². The van der Waals surface area contributed by atoms with E-state index in [1.807, 2.05) is 0 Å². The first-order chi connectivity index (χ1) is 21.2. The molecule has 0 spiro atoms. The van der Waals surface area contributed by atoms with Gasteiger partial charge in [0.05, 0.1) is 17.2 Å². The summed E-state index contributed by atoms with van der Waals surface area (Å²) >= 11 is 0. The fraction of sp³-hybridized carbons (Fsp3) is 0.471. The van der Waals surface area contributed by atoms with Crippen molar-refractivity contribution in [1.29, 1.82) is 0 Å². The predicted molar refractivity (Wildman–Crippen MR) is 155 cm³/mol. The number of aliphatic hydroxyl groups is 3. The Bertz CT molecular complexity index is 1570. The third-order valence-corrected chi connectivity index (χ3v) is 11.1. The second kappa shape index (κ2) is 10.5. The van der Waals surface area contributed by atoms with E-state index in [9.17, 15) is 39.6 Å². The molecule has 45 heavy (non-hydrogen) atoms. The van der Waals surface area contributed by atoms with E-state index in [1.165, 1.54) is 37.3 Å². The lowest BCUT2D eigenvalue weighted by atomic mass is 9.38. The minimum atomic E-state index is -2.56. The fourth-order valence-corrected chi connectivity index (χ4v) is 8.71. The first-order valence-corrected chi connectivity index (χ1v) is 15.0. The van der Waals surface area contributed by atoms with Gasteiger partial charge in [-0.3, -0.25) is 4.79 Å². The highest BCUT2D eigenvalue weighted by Crippen LogP contribution is 2.69. The maximum absolute atomic E-state index is 13.7. The molecular weight excluding hydrogens is 584 g/mol. The Morgan fingerprint density at radius 2 is 1.47 bits per heavy atom. The number of ether oxygens (including phenoxy) is 3. The zero-order valence-electron chi connectivity index (χ0n) is 25.1. The van der Waals surface area contributed by atoms with Crippen molar-refractivity contribution in [3.05, 3.63) is 83.4 Å². The molecule has 2 aromatic rings. The van der Waals surface area contributed by atoms with Crippen LogP contribution in [0.5, 0.6) is 0 Å². The molecule has 0 bridgehead atoms. The lowest BCUT2D eigenvalue weighted by molar-refractivity contribution is -0.339. The molecule has 0 radical (unpaired) electrons. The predicted octanol–water partition coefficient (Wildman–Crippen LogP) is 2.88. The number of carbonyl (C=O) groups is 4. The number of carboxylic acids is 1. The molecule has 0 unspecified atom stereocenters.